The molecular weight excluding hydrogens is 340 g/mol. The van der Waals surface area contributed by atoms with Crippen molar-refractivity contribution in [1.82, 2.24) is 14.8 Å². The molecule has 10 heteroatoms. The van der Waals surface area contributed by atoms with Crippen molar-refractivity contribution in [3.8, 4) is 5.69 Å². The highest BCUT2D eigenvalue weighted by atomic mass is 35.5. The van der Waals surface area contributed by atoms with Crippen LogP contribution >= 0.6 is 23.4 Å². The molecule has 5 nitrogen and oxygen atoms in total. The Morgan fingerprint density at radius 2 is 2.21 bits per heavy atom. The summed E-state index contributed by atoms with van der Waals surface area (Å²) < 4.78 is 1.48. The van der Waals surface area contributed by atoms with Crippen LogP contribution in [0.3, 0.4) is 0 Å². The predicted octanol–water partition coefficient (Wildman–Crippen LogP) is 1.37. The minimum atomic E-state index is -1.91. The minimum Gasteiger partial charge on any atom is -0.328 e. The maximum atomic E-state index is 12.7. The van der Waals surface area contributed by atoms with Gasteiger partial charge in [0.2, 0.25) is 5.91 Å². The Bertz CT molecular complexity index is 708. The second-order valence-corrected chi connectivity index (χ2v) is 6.65. The van der Waals surface area contributed by atoms with Gasteiger partial charge in [-0.3, -0.25) is 9.78 Å². The fraction of sp³-hybridized carbons (Fsp3) is 0.357. The number of hydrogen-bond acceptors (Lipinski definition) is 4. The number of aromatic nitrogens is 3. The van der Waals surface area contributed by atoms with Crippen molar-refractivity contribution in [1.29, 1.82) is 0 Å². The quantitative estimate of drug-likeness (QED) is 0.736. The Labute approximate surface area is 154 Å². The molecule has 0 saturated heterocycles. The van der Waals surface area contributed by atoms with Crippen molar-refractivity contribution in [2.24, 2.45) is 5.92 Å². The van der Waals surface area contributed by atoms with Crippen LogP contribution < -0.4 is 4.90 Å². The average Bonchev–Trinajstić information content (AvgIpc) is 2.89. The Morgan fingerprint density at radius 3 is 2.75 bits per heavy atom. The Hall–Kier alpha value is -1.34. The summed E-state index contributed by atoms with van der Waals surface area (Å²) in [7, 11) is 17.4. The van der Waals surface area contributed by atoms with E-state index in [1.54, 1.807) is 37.6 Å². The summed E-state index contributed by atoms with van der Waals surface area (Å²) in [5, 5.41) is 2.34. The van der Waals surface area contributed by atoms with Gasteiger partial charge >= 0.3 is 0 Å². The molecule has 0 spiro atoms. The monoisotopic (exact) mass is 354 g/mol. The molecule has 6 radical (unpaired) electrons. The largest absolute Gasteiger partial charge is 0.328 e. The second-order valence-electron chi connectivity index (χ2n) is 5.38. The summed E-state index contributed by atoms with van der Waals surface area (Å²) in [6, 6.07) is 3.55. The number of nitrogens with zero attached hydrogens (tertiary/aromatic N) is 4. The van der Waals surface area contributed by atoms with Gasteiger partial charge in [-0.25, -0.2) is 4.68 Å². The predicted molar refractivity (Wildman–Crippen MR) is 101 cm³/mol. The molecule has 0 aliphatic carbocycles. The van der Waals surface area contributed by atoms with Gasteiger partial charge in [0.1, 0.15) is 5.69 Å². The molecule has 0 bridgehead atoms. The van der Waals surface area contributed by atoms with E-state index in [0.717, 1.165) is 4.90 Å². The molecule has 118 valence electrons. The SMILES string of the molecule is [B]C([B])([B])N(C(=O)C(C)CSC)c1cn(-c2cccnc2)nc1Cl. The van der Waals surface area contributed by atoms with Gasteiger partial charge in [0.15, 0.2) is 5.15 Å². The number of rotatable bonds is 6. The highest BCUT2D eigenvalue weighted by Gasteiger charge is 2.32. The topological polar surface area (TPSA) is 51.0 Å². The third-order valence-corrected chi connectivity index (χ3v) is 4.35. The lowest BCUT2D eigenvalue weighted by Gasteiger charge is -2.38. The van der Waals surface area contributed by atoms with Crippen molar-refractivity contribution >= 4 is 58.5 Å². The normalized spacial score (nSPS) is 12.8. The smallest absolute Gasteiger partial charge is 0.229 e. The first kappa shape index (κ1) is 19.0. The van der Waals surface area contributed by atoms with E-state index in [4.69, 9.17) is 35.1 Å². The van der Waals surface area contributed by atoms with Crippen LogP contribution in [0.15, 0.2) is 30.7 Å². The number of thioether (sulfide) groups is 1. The number of carbonyl (C=O) groups excluding carboxylic acids is 1. The average molecular weight is 354 g/mol. The van der Waals surface area contributed by atoms with E-state index < -0.39 is 5.24 Å². The lowest BCUT2D eigenvalue weighted by Crippen LogP contribution is -2.56. The first-order valence-corrected chi connectivity index (χ1v) is 8.88. The van der Waals surface area contributed by atoms with Crippen LogP contribution in [0.2, 0.25) is 5.15 Å². The van der Waals surface area contributed by atoms with Gasteiger partial charge in [-0.1, -0.05) is 23.8 Å². The van der Waals surface area contributed by atoms with Crippen LogP contribution in [0.25, 0.3) is 5.69 Å². The Balaban J connectivity index is 2.45. The van der Waals surface area contributed by atoms with Crippen LogP contribution in [-0.4, -0.2) is 61.5 Å². The van der Waals surface area contributed by atoms with E-state index in [1.807, 2.05) is 6.26 Å². The lowest BCUT2D eigenvalue weighted by atomic mass is 9.48. The molecule has 24 heavy (non-hydrogen) atoms. The zero-order valence-corrected chi connectivity index (χ0v) is 15.0. The third-order valence-electron chi connectivity index (χ3n) is 3.25. The molecular formula is C14H14B3ClN4OS. The molecule has 2 aromatic rings. The zero-order valence-electron chi connectivity index (χ0n) is 13.4. The van der Waals surface area contributed by atoms with E-state index in [9.17, 15) is 4.79 Å². The van der Waals surface area contributed by atoms with Crippen LogP contribution in [0.5, 0.6) is 0 Å². The van der Waals surface area contributed by atoms with E-state index >= 15 is 0 Å². The van der Waals surface area contributed by atoms with Gasteiger partial charge in [-0.2, -0.15) is 16.9 Å². The van der Waals surface area contributed by atoms with Crippen molar-refractivity contribution < 1.29 is 4.79 Å². The molecule has 2 aromatic heterocycles. The summed E-state index contributed by atoms with van der Waals surface area (Å²) in [6.07, 6.45) is 6.70. The van der Waals surface area contributed by atoms with E-state index in [1.165, 1.54) is 16.4 Å². The first-order chi connectivity index (χ1) is 11.3. The minimum absolute atomic E-state index is 0.0641. The van der Waals surface area contributed by atoms with Gasteiger partial charge in [0.05, 0.1) is 41.6 Å². The maximum Gasteiger partial charge on any atom is 0.229 e. The maximum absolute atomic E-state index is 12.7. The molecule has 1 unspecified atom stereocenters. The van der Waals surface area contributed by atoms with Crippen molar-refractivity contribution in [3.63, 3.8) is 0 Å². The van der Waals surface area contributed by atoms with Crippen LogP contribution in [-0.2, 0) is 4.79 Å². The standard InChI is InChI=1S/C14H14B3ClN4OS/c1-9(8-24-2)13(23)22(14(15,16)17)11-7-21(20-12(11)18)10-4-3-5-19-6-10/h3-7,9H,8H2,1-2H3. The van der Waals surface area contributed by atoms with Gasteiger partial charge in [-0.15, -0.1) is 0 Å². The molecule has 0 saturated carbocycles. The lowest BCUT2D eigenvalue weighted by molar-refractivity contribution is -0.121. The van der Waals surface area contributed by atoms with Crippen molar-refractivity contribution in [2.75, 3.05) is 16.9 Å². The van der Waals surface area contributed by atoms with Crippen LogP contribution in [0.4, 0.5) is 5.69 Å². The summed E-state index contributed by atoms with van der Waals surface area (Å²) in [4.78, 5) is 17.8. The number of carbonyl (C=O) groups is 1. The number of amides is 1. The number of pyridine rings is 1. The van der Waals surface area contributed by atoms with E-state index in [0.29, 0.717) is 11.4 Å². The van der Waals surface area contributed by atoms with Crippen molar-refractivity contribution in [3.05, 3.63) is 35.9 Å². The molecule has 0 aliphatic rings. The van der Waals surface area contributed by atoms with Crippen molar-refractivity contribution in [2.45, 2.75) is 12.2 Å². The number of hydrogen-bond donors (Lipinski definition) is 0. The van der Waals surface area contributed by atoms with Gasteiger partial charge in [0.25, 0.3) is 0 Å². The first-order valence-electron chi connectivity index (χ1n) is 7.11. The summed E-state index contributed by atoms with van der Waals surface area (Å²) in [5.74, 6) is -0.0721. The summed E-state index contributed by atoms with van der Waals surface area (Å²) >= 11 is 7.74. The molecule has 2 heterocycles. The number of halogens is 1. The molecule has 0 aromatic carbocycles. The van der Waals surface area contributed by atoms with Crippen LogP contribution in [0.1, 0.15) is 6.92 Å². The third kappa shape index (κ3) is 4.19. The fourth-order valence-corrected chi connectivity index (χ4v) is 3.03. The fourth-order valence-electron chi connectivity index (χ4n) is 2.18. The van der Waals surface area contributed by atoms with E-state index in [-0.39, 0.29) is 22.7 Å². The molecule has 0 aliphatic heterocycles. The number of anilines is 1. The summed E-state index contributed by atoms with van der Waals surface area (Å²) in [6.45, 7) is 1.77. The highest BCUT2D eigenvalue weighted by molar-refractivity contribution is 7.98. The zero-order chi connectivity index (χ0) is 17.9. The van der Waals surface area contributed by atoms with Gasteiger partial charge in [-0.05, 0) is 18.4 Å². The van der Waals surface area contributed by atoms with Crippen LogP contribution in [0, 0.1) is 5.92 Å². The Kier molecular flexibility index (Phi) is 6.09. The van der Waals surface area contributed by atoms with Gasteiger partial charge in [0, 0.05) is 17.9 Å². The van der Waals surface area contributed by atoms with Gasteiger partial charge < -0.3 is 4.90 Å². The Morgan fingerprint density at radius 1 is 1.50 bits per heavy atom. The molecule has 1 amide bonds. The second kappa shape index (κ2) is 7.70. The summed E-state index contributed by atoms with van der Waals surface area (Å²) in [5.41, 5.74) is 0.915. The highest BCUT2D eigenvalue weighted by Crippen LogP contribution is 2.30. The molecule has 0 N–H and O–H groups in total. The molecule has 1 atom stereocenters. The van der Waals surface area contributed by atoms with E-state index in [2.05, 4.69) is 10.1 Å². The molecule has 0 fully saturated rings. The molecule has 2 rings (SSSR count).